The van der Waals surface area contributed by atoms with Gasteiger partial charge in [0.25, 0.3) is 0 Å². The van der Waals surface area contributed by atoms with Crippen LogP contribution in [-0.2, 0) is 4.79 Å². The van der Waals surface area contributed by atoms with E-state index in [-0.39, 0.29) is 43.3 Å². The summed E-state index contributed by atoms with van der Waals surface area (Å²) in [6.45, 7) is 0.156. The normalized spacial score (nSPS) is 18.4. The summed E-state index contributed by atoms with van der Waals surface area (Å²) >= 11 is 1.07. The Morgan fingerprint density at radius 3 is 2.40 bits per heavy atom. The van der Waals surface area contributed by atoms with E-state index in [1.807, 2.05) is 6.07 Å². The molecule has 2 atom stereocenters. The Balaban J connectivity index is 1.81. The van der Waals surface area contributed by atoms with Gasteiger partial charge >= 0.3 is 6.09 Å². The van der Waals surface area contributed by atoms with E-state index in [2.05, 4.69) is 17.1 Å². The third-order valence-corrected chi connectivity index (χ3v) is 7.48. The van der Waals surface area contributed by atoms with Crippen LogP contribution in [0.25, 0.3) is 0 Å². The number of amides is 2. The zero-order valence-electron chi connectivity index (χ0n) is 18.8. The molecule has 2 unspecified atom stereocenters. The average Bonchev–Trinajstić information content (AvgIpc) is 3.71. The molecule has 2 aromatic rings. The van der Waals surface area contributed by atoms with Gasteiger partial charge in [-0.1, -0.05) is 42.1 Å². The molecule has 2 fully saturated rings. The number of hydrogen-bond donors (Lipinski definition) is 3. The third kappa shape index (κ3) is 4.87. The molecule has 1 saturated heterocycles. The number of nitrogens with zero attached hydrogens (tertiary/aromatic N) is 5. The Kier molecular flexibility index (Phi) is 7.10. The fourth-order valence-corrected chi connectivity index (χ4v) is 5.41. The number of piperazine rings is 1. The molecule has 11 heteroatoms. The Labute approximate surface area is 206 Å². The predicted molar refractivity (Wildman–Crippen MR) is 128 cm³/mol. The number of carbonyl (C=O) groups is 2. The van der Waals surface area contributed by atoms with E-state index in [0.29, 0.717) is 22.0 Å². The van der Waals surface area contributed by atoms with Crippen molar-refractivity contribution in [3.63, 3.8) is 0 Å². The van der Waals surface area contributed by atoms with Crippen molar-refractivity contribution >= 4 is 29.6 Å². The summed E-state index contributed by atoms with van der Waals surface area (Å²) < 4.78 is 0. The van der Waals surface area contributed by atoms with Crippen molar-refractivity contribution in [2.45, 2.75) is 35.1 Å². The molecule has 1 saturated carbocycles. The number of pyridine rings is 1. The van der Waals surface area contributed by atoms with Gasteiger partial charge in [0, 0.05) is 19.6 Å². The van der Waals surface area contributed by atoms with E-state index in [9.17, 15) is 30.3 Å². The van der Waals surface area contributed by atoms with E-state index in [0.717, 1.165) is 24.6 Å². The van der Waals surface area contributed by atoms with Crippen LogP contribution in [0.2, 0.25) is 0 Å². The number of nitrogens with two attached hydrogens (primary N) is 1. The predicted octanol–water partition coefficient (Wildman–Crippen LogP) is 2.18. The van der Waals surface area contributed by atoms with Gasteiger partial charge in [-0.05, 0) is 29.9 Å². The maximum atomic E-state index is 12.4. The molecule has 180 valence electrons. The molecule has 0 radical (unpaired) electrons. The van der Waals surface area contributed by atoms with Gasteiger partial charge in [0.05, 0.1) is 23.8 Å². The second-order valence-corrected chi connectivity index (χ2v) is 9.57. The first-order valence-electron chi connectivity index (χ1n) is 11.1. The second-order valence-electron chi connectivity index (χ2n) is 8.47. The lowest BCUT2D eigenvalue weighted by Gasteiger charge is -2.40. The van der Waals surface area contributed by atoms with Crippen LogP contribution in [-0.4, -0.2) is 64.4 Å². The van der Waals surface area contributed by atoms with Gasteiger partial charge in [0.1, 0.15) is 28.2 Å². The average molecular weight is 493 g/mol. The highest BCUT2D eigenvalue weighted by molar-refractivity contribution is 8.00. The molecule has 1 aliphatic carbocycles. The lowest BCUT2D eigenvalue weighted by Crippen LogP contribution is -2.56. The van der Waals surface area contributed by atoms with Crippen LogP contribution in [0.3, 0.4) is 0 Å². The first-order valence-corrected chi connectivity index (χ1v) is 12.0. The van der Waals surface area contributed by atoms with E-state index in [1.54, 1.807) is 29.2 Å². The minimum Gasteiger partial charge on any atom is -0.465 e. The SMILES string of the molecule is N#Cc1c(SC(C(N)=O)c2ccccc2)nc(N2CCN(C(=O)O)C(CO)C2)c(C#N)c1C1CC1. The van der Waals surface area contributed by atoms with Gasteiger partial charge < -0.3 is 20.8 Å². The topological polar surface area (TPSA) is 168 Å². The van der Waals surface area contributed by atoms with Gasteiger partial charge in [-0.2, -0.15) is 10.5 Å². The maximum absolute atomic E-state index is 12.4. The quantitative estimate of drug-likeness (QED) is 0.491. The van der Waals surface area contributed by atoms with Gasteiger partial charge in [-0.3, -0.25) is 9.69 Å². The molecule has 35 heavy (non-hydrogen) atoms. The van der Waals surface area contributed by atoms with Gasteiger partial charge in [0.15, 0.2) is 0 Å². The van der Waals surface area contributed by atoms with Gasteiger partial charge in [-0.25, -0.2) is 9.78 Å². The highest BCUT2D eigenvalue weighted by atomic mass is 32.2. The summed E-state index contributed by atoms with van der Waals surface area (Å²) in [6.07, 6.45) is 0.543. The Morgan fingerprint density at radius 2 is 1.86 bits per heavy atom. The number of primary amides is 1. The number of aromatic nitrogens is 1. The lowest BCUT2D eigenvalue weighted by atomic mass is 9.99. The fourth-order valence-electron chi connectivity index (χ4n) is 4.37. The molecular formula is C24H24N6O4S. The van der Waals surface area contributed by atoms with Crippen LogP contribution >= 0.6 is 11.8 Å². The standard InChI is InChI=1S/C24H24N6O4S/c25-10-17-19(14-6-7-14)18(11-26)23(35-20(21(27)32)15-4-2-1-3-5-15)28-22(17)29-8-9-30(24(33)34)16(12-29)13-31/h1-5,14,16,20,31H,6-9,12-13H2,(H2,27,32)(H,33,34). The van der Waals surface area contributed by atoms with Crippen molar-refractivity contribution in [2.75, 3.05) is 31.1 Å². The molecule has 1 aromatic heterocycles. The molecule has 0 spiro atoms. The van der Waals surface area contributed by atoms with Crippen LogP contribution in [0.1, 0.15) is 46.3 Å². The first kappa shape index (κ1) is 24.3. The van der Waals surface area contributed by atoms with Crippen molar-refractivity contribution in [3.8, 4) is 12.1 Å². The zero-order valence-corrected chi connectivity index (χ0v) is 19.6. The van der Waals surface area contributed by atoms with Gasteiger partial charge in [0.2, 0.25) is 5.91 Å². The van der Waals surface area contributed by atoms with Crippen molar-refractivity contribution < 1.29 is 19.8 Å². The van der Waals surface area contributed by atoms with E-state index in [1.165, 1.54) is 4.90 Å². The molecule has 1 aliphatic heterocycles. The summed E-state index contributed by atoms with van der Waals surface area (Å²) in [6, 6.07) is 12.7. The molecule has 1 aromatic carbocycles. The van der Waals surface area contributed by atoms with E-state index >= 15 is 0 Å². The van der Waals surface area contributed by atoms with E-state index in [4.69, 9.17) is 5.73 Å². The number of thioether (sulfide) groups is 1. The Hall–Kier alpha value is -3.80. The van der Waals surface area contributed by atoms with Crippen molar-refractivity contribution in [1.29, 1.82) is 10.5 Å². The number of rotatable bonds is 7. The number of nitriles is 2. The summed E-state index contributed by atoms with van der Waals surface area (Å²) in [5.74, 6) is -0.213. The Morgan fingerprint density at radius 1 is 1.17 bits per heavy atom. The monoisotopic (exact) mass is 492 g/mol. The number of aliphatic hydroxyl groups excluding tert-OH is 1. The summed E-state index contributed by atoms with van der Waals surface area (Å²) in [5.41, 5.74) is 7.54. The first-order chi connectivity index (χ1) is 16.9. The summed E-state index contributed by atoms with van der Waals surface area (Å²) in [4.78, 5) is 31.5. The van der Waals surface area contributed by atoms with Crippen LogP contribution < -0.4 is 10.6 Å². The molecule has 2 aliphatic rings. The Bertz CT molecular complexity index is 1220. The third-order valence-electron chi connectivity index (χ3n) is 6.22. The largest absolute Gasteiger partial charge is 0.465 e. The second kappa shape index (κ2) is 10.2. The molecule has 2 heterocycles. The molecule has 2 amide bonds. The summed E-state index contributed by atoms with van der Waals surface area (Å²) in [7, 11) is 0. The smallest absolute Gasteiger partial charge is 0.407 e. The minimum atomic E-state index is -1.13. The zero-order chi connectivity index (χ0) is 25.1. The van der Waals surface area contributed by atoms with Gasteiger partial charge in [-0.15, -0.1) is 0 Å². The maximum Gasteiger partial charge on any atom is 0.407 e. The number of carbonyl (C=O) groups excluding carboxylic acids is 1. The molecule has 4 rings (SSSR count). The van der Waals surface area contributed by atoms with E-state index < -0.39 is 23.3 Å². The van der Waals surface area contributed by atoms with Crippen molar-refractivity contribution in [2.24, 2.45) is 5.73 Å². The fraction of sp³-hybridized carbons (Fsp3) is 0.375. The molecule has 10 nitrogen and oxygen atoms in total. The van der Waals surface area contributed by atoms with Crippen LogP contribution in [0, 0.1) is 22.7 Å². The van der Waals surface area contributed by atoms with Crippen LogP contribution in [0.5, 0.6) is 0 Å². The molecular weight excluding hydrogens is 468 g/mol. The highest BCUT2D eigenvalue weighted by Crippen LogP contribution is 2.48. The number of carboxylic acid groups (broad SMARTS) is 1. The number of anilines is 1. The molecule has 0 bridgehead atoms. The lowest BCUT2D eigenvalue weighted by molar-refractivity contribution is -0.117. The van der Waals surface area contributed by atoms with Crippen LogP contribution in [0.4, 0.5) is 10.6 Å². The highest BCUT2D eigenvalue weighted by Gasteiger charge is 2.37. The van der Waals surface area contributed by atoms with Crippen molar-refractivity contribution in [1.82, 2.24) is 9.88 Å². The van der Waals surface area contributed by atoms with Crippen molar-refractivity contribution in [3.05, 3.63) is 52.6 Å². The minimum absolute atomic E-state index is 0.0399. The number of benzene rings is 1. The number of hydrogen-bond acceptors (Lipinski definition) is 8. The van der Waals surface area contributed by atoms with Crippen LogP contribution in [0.15, 0.2) is 35.4 Å². The number of aliphatic hydroxyl groups is 1. The molecule has 4 N–H and O–H groups in total. The summed E-state index contributed by atoms with van der Waals surface area (Å²) in [5, 5.41) is 38.8.